The fourth-order valence-electron chi connectivity index (χ4n) is 6.26. The number of ether oxygens (including phenoxy) is 1. The quantitative estimate of drug-likeness (QED) is 0.494. The number of nitrogens with zero attached hydrogens (tertiary/aromatic N) is 4. The van der Waals surface area contributed by atoms with Crippen molar-refractivity contribution in [2.45, 2.75) is 65.5 Å². The molecule has 1 saturated carbocycles. The summed E-state index contributed by atoms with van der Waals surface area (Å²) >= 11 is 0. The normalized spacial score (nSPS) is 20.4. The van der Waals surface area contributed by atoms with Gasteiger partial charge in [0.05, 0.1) is 24.8 Å². The van der Waals surface area contributed by atoms with Crippen molar-refractivity contribution in [1.82, 2.24) is 15.2 Å². The fourth-order valence-corrected chi connectivity index (χ4v) is 6.26. The van der Waals surface area contributed by atoms with Crippen LogP contribution in [0.4, 0.5) is 5.69 Å². The van der Waals surface area contributed by atoms with Crippen LogP contribution in [0.3, 0.4) is 0 Å². The molecule has 3 heterocycles. The zero-order valence-corrected chi connectivity index (χ0v) is 24.9. The van der Waals surface area contributed by atoms with Gasteiger partial charge >= 0.3 is 0 Å². The van der Waals surface area contributed by atoms with Crippen molar-refractivity contribution >= 4 is 23.2 Å². The van der Waals surface area contributed by atoms with E-state index >= 15 is 0 Å². The van der Waals surface area contributed by atoms with Gasteiger partial charge in [-0.05, 0) is 69.0 Å². The summed E-state index contributed by atoms with van der Waals surface area (Å²) in [5, 5.41) is 3.04. The third-order valence-electron chi connectivity index (χ3n) is 8.81. The number of aromatic nitrogens is 1. The van der Waals surface area contributed by atoms with Crippen LogP contribution in [0.1, 0.15) is 67.6 Å². The Hall–Kier alpha value is -3.36. The molecule has 2 fully saturated rings. The minimum absolute atomic E-state index is 0.175. The predicted molar refractivity (Wildman–Crippen MR) is 163 cm³/mol. The molecule has 0 spiro atoms. The van der Waals surface area contributed by atoms with E-state index in [9.17, 15) is 9.59 Å². The number of hydrogen-bond acceptors (Lipinski definition) is 6. The number of allylic oxidation sites excluding steroid dienone is 1. The van der Waals surface area contributed by atoms with E-state index in [1.54, 1.807) is 0 Å². The van der Waals surface area contributed by atoms with E-state index in [0.29, 0.717) is 17.3 Å². The number of dihydropyridines is 1. The lowest BCUT2D eigenvalue weighted by Crippen LogP contribution is -2.36. The Morgan fingerprint density at radius 2 is 1.83 bits per heavy atom. The fraction of sp³-hybridized carbons (Fsp3) is 0.515. The molecule has 3 aliphatic rings. The molecule has 1 aliphatic carbocycles. The van der Waals surface area contributed by atoms with Gasteiger partial charge in [0.25, 0.3) is 11.8 Å². The highest BCUT2D eigenvalue weighted by Crippen LogP contribution is 2.34. The minimum Gasteiger partial charge on any atom is -0.379 e. The Morgan fingerprint density at radius 3 is 2.51 bits per heavy atom. The first kappa shape index (κ1) is 29.1. The topological polar surface area (TPSA) is 87.1 Å². The summed E-state index contributed by atoms with van der Waals surface area (Å²) in [6.45, 7) is 10.2. The number of morpholine rings is 1. The molecule has 8 nitrogen and oxygen atoms in total. The summed E-state index contributed by atoms with van der Waals surface area (Å²) in [4.78, 5) is 39.8. The highest BCUT2D eigenvalue weighted by atomic mass is 16.5. The lowest BCUT2D eigenvalue weighted by atomic mass is 9.92. The van der Waals surface area contributed by atoms with Crippen molar-refractivity contribution in [2.24, 2.45) is 10.9 Å². The van der Waals surface area contributed by atoms with Gasteiger partial charge in [-0.2, -0.15) is 0 Å². The van der Waals surface area contributed by atoms with Crippen molar-refractivity contribution in [2.75, 3.05) is 44.8 Å². The molecule has 1 N–H and O–H groups in total. The molecule has 2 amide bonds. The monoisotopic (exact) mass is 557 g/mol. The average Bonchev–Trinajstić information content (AvgIpc) is 2.97. The summed E-state index contributed by atoms with van der Waals surface area (Å²) in [6, 6.07) is 8.82. The van der Waals surface area contributed by atoms with E-state index in [-0.39, 0.29) is 18.4 Å². The van der Waals surface area contributed by atoms with Crippen LogP contribution in [-0.2, 0) is 16.1 Å². The second-order valence-electron chi connectivity index (χ2n) is 11.7. The second kappa shape index (κ2) is 13.1. The molecule has 1 atom stereocenters. The van der Waals surface area contributed by atoms with Gasteiger partial charge in [-0.25, -0.2) is 4.99 Å². The van der Waals surface area contributed by atoms with E-state index in [0.717, 1.165) is 79.3 Å². The van der Waals surface area contributed by atoms with Crippen LogP contribution < -0.4 is 10.2 Å². The standard InChI is InChI=1S/C33H43N5O3/c1-22-16-23(2)36-33(40)30(22)20-35-32(39)29-17-26(18-31(24(29)3)37(4)28-8-6-5-7-9-28)25-10-11-27(34-19-25)21-38-12-14-41-15-13-38/h10-11,16-19,28,30H,5-9,12-15,20-21H2,1-4H3,(H,35,39). The van der Waals surface area contributed by atoms with Gasteiger partial charge in [-0.15, -0.1) is 0 Å². The van der Waals surface area contributed by atoms with Crippen LogP contribution >= 0.6 is 0 Å². The van der Waals surface area contributed by atoms with E-state index < -0.39 is 5.92 Å². The van der Waals surface area contributed by atoms with E-state index in [1.807, 2.05) is 39.1 Å². The number of rotatable bonds is 8. The summed E-state index contributed by atoms with van der Waals surface area (Å²) in [6.07, 6.45) is 9.92. The van der Waals surface area contributed by atoms with Crippen LogP contribution in [0.15, 0.2) is 47.1 Å². The van der Waals surface area contributed by atoms with E-state index in [1.165, 1.54) is 19.3 Å². The number of benzene rings is 1. The number of hydrogen-bond donors (Lipinski definition) is 1. The van der Waals surface area contributed by atoms with Crippen molar-refractivity contribution in [3.05, 3.63) is 58.9 Å². The molecule has 2 aromatic rings. The van der Waals surface area contributed by atoms with Gasteiger partial charge in [0.1, 0.15) is 0 Å². The molecule has 1 aromatic carbocycles. The number of nitrogens with one attached hydrogen (secondary N) is 1. The van der Waals surface area contributed by atoms with Crippen molar-refractivity contribution in [1.29, 1.82) is 0 Å². The molecule has 8 heteroatoms. The van der Waals surface area contributed by atoms with Gasteiger partial charge < -0.3 is 15.0 Å². The molecule has 218 valence electrons. The minimum atomic E-state index is -0.432. The summed E-state index contributed by atoms with van der Waals surface area (Å²) in [5.41, 5.74) is 7.26. The average molecular weight is 558 g/mol. The van der Waals surface area contributed by atoms with Crippen molar-refractivity contribution in [3.63, 3.8) is 0 Å². The number of carbonyl (C=O) groups excluding carboxylic acids is 2. The summed E-state index contributed by atoms with van der Waals surface area (Å²) < 4.78 is 5.47. The lowest BCUT2D eigenvalue weighted by molar-refractivity contribution is -0.120. The SMILES string of the molecule is CC1=CC(C)=NC(=O)C1CNC(=O)c1cc(-c2ccc(CN3CCOCC3)nc2)cc(N(C)C2CCCCC2)c1C. The number of amides is 2. The maximum atomic E-state index is 13.7. The van der Waals surface area contributed by atoms with Crippen LogP contribution in [0, 0.1) is 12.8 Å². The highest BCUT2D eigenvalue weighted by molar-refractivity contribution is 6.06. The molecule has 5 rings (SSSR count). The van der Waals surface area contributed by atoms with E-state index in [4.69, 9.17) is 9.72 Å². The van der Waals surface area contributed by atoms with Gasteiger partial charge in [-0.3, -0.25) is 19.5 Å². The summed E-state index contributed by atoms with van der Waals surface area (Å²) in [7, 11) is 2.16. The third-order valence-corrected chi connectivity index (χ3v) is 8.81. The molecule has 2 aliphatic heterocycles. The maximum absolute atomic E-state index is 13.7. The Bertz CT molecular complexity index is 1320. The molecular weight excluding hydrogens is 514 g/mol. The molecule has 1 aromatic heterocycles. The number of carbonyl (C=O) groups is 2. The molecule has 0 bridgehead atoms. The number of anilines is 1. The van der Waals surface area contributed by atoms with Crippen LogP contribution in [-0.4, -0.2) is 73.3 Å². The largest absolute Gasteiger partial charge is 0.379 e. The Morgan fingerprint density at radius 1 is 1.07 bits per heavy atom. The van der Waals surface area contributed by atoms with Gasteiger partial charge in [0.15, 0.2) is 0 Å². The van der Waals surface area contributed by atoms with Crippen molar-refractivity contribution < 1.29 is 14.3 Å². The number of aliphatic imine (C=N–C) groups is 1. The molecule has 41 heavy (non-hydrogen) atoms. The van der Waals surface area contributed by atoms with Gasteiger partial charge in [0.2, 0.25) is 0 Å². The second-order valence-corrected chi connectivity index (χ2v) is 11.7. The highest BCUT2D eigenvalue weighted by Gasteiger charge is 2.26. The molecular formula is C33H43N5O3. The van der Waals surface area contributed by atoms with Crippen LogP contribution in [0.5, 0.6) is 0 Å². The van der Waals surface area contributed by atoms with Crippen LogP contribution in [0.2, 0.25) is 0 Å². The van der Waals surface area contributed by atoms with Gasteiger partial charge in [0, 0.05) is 68.0 Å². The zero-order chi connectivity index (χ0) is 28.9. The summed E-state index contributed by atoms with van der Waals surface area (Å²) in [5.74, 6) is -0.806. The predicted octanol–water partition coefficient (Wildman–Crippen LogP) is 4.95. The smallest absolute Gasteiger partial charge is 0.254 e. The first-order chi connectivity index (χ1) is 19.8. The molecule has 1 unspecified atom stereocenters. The Kier molecular flexibility index (Phi) is 9.30. The zero-order valence-electron chi connectivity index (χ0n) is 24.9. The molecule has 0 radical (unpaired) electrons. The van der Waals surface area contributed by atoms with Crippen molar-refractivity contribution in [3.8, 4) is 11.1 Å². The lowest BCUT2D eigenvalue weighted by Gasteiger charge is -2.34. The third kappa shape index (κ3) is 6.93. The molecule has 1 saturated heterocycles. The van der Waals surface area contributed by atoms with E-state index in [2.05, 4.69) is 45.4 Å². The number of pyridine rings is 1. The first-order valence-electron chi connectivity index (χ1n) is 15.0. The Labute approximate surface area is 243 Å². The first-order valence-corrected chi connectivity index (χ1v) is 15.0. The maximum Gasteiger partial charge on any atom is 0.254 e. The van der Waals surface area contributed by atoms with Crippen LogP contribution in [0.25, 0.3) is 11.1 Å². The Balaban J connectivity index is 1.41. The van der Waals surface area contributed by atoms with Gasteiger partial charge in [-0.1, -0.05) is 30.9 Å².